The highest BCUT2D eigenvalue weighted by atomic mass is 16.8. The molecule has 102 heavy (non-hydrogen) atoms. The zero-order chi connectivity index (χ0) is 74.3. The van der Waals surface area contributed by atoms with Gasteiger partial charge in [-0.1, -0.05) is 60.1 Å². The topological polar surface area (TPSA) is 528 Å². The highest BCUT2D eigenvalue weighted by molar-refractivity contribution is 5.80. The maximum absolute atomic E-state index is 16.2. The average Bonchev–Trinajstić information content (AvgIpc) is 0.671. The third-order valence-corrected chi connectivity index (χ3v) is 26.1. The van der Waals surface area contributed by atoms with E-state index in [9.17, 15) is 96.7 Å². The number of ether oxygens (including phenoxy) is 14. The monoisotopic (exact) mass is 1470 g/mol. The van der Waals surface area contributed by atoms with Crippen LogP contribution >= 0.6 is 0 Å². The van der Waals surface area contributed by atoms with Crippen LogP contribution in [0.15, 0.2) is 11.6 Å². The lowest BCUT2D eigenvalue weighted by atomic mass is 9.33. The van der Waals surface area contributed by atoms with E-state index in [1.807, 2.05) is 0 Å². The van der Waals surface area contributed by atoms with Crippen LogP contribution in [-0.4, -0.2) is 333 Å². The summed E-state index contributed by atoms with van der Waals surface area (Å²) in [5.74, 6) is -3.10. The Morgan fingerprint density at radius 2 is 0.931 bits per heavy atom. The normalized spacial score (nSPS) is 54.7. The summed E-state index contributed by atoms with van der Waals surface area (Å²) in [5, 5.41) is 200. The molecule has 0 aromatic heterocycles. The molecule has 0 amide bonds. The van der Waals surface area contributed by atoms with E-state index in [1.54, 1.807) is 0 Å². The van der Waals surface area contributed by atoms with Crippen molar-refractivity contribution in [3.05, 3.63) is 11.6 Å². The molecule has 12 rings (SSSR count). The van der Waals surface area contributed by atoms with Gasteiger partial charge in [0.2, 0.25) is 6.29 Å². The number of allylic oxidation sites excluding steroid dienone is 2. The van der Waals surface area contributed by atoms with Gasteiger partial charge in [-0.15, -0.1) is 0 Å². The van der Waals surface area contributed by atoms with E-state index >= 15 is 4.79 Å². The number of carboxylic acids is 1. The Balaban J connectivity index is 0.846. The molecule has 7 aliphatic heterocycles. The summed E-state index contributed by atoms with van der Waals surface area (Å²) in [6.07, 6.45) is -51.0. The standard InChI is InChI=1S/C68H108O34/c1-24-36(74)39(77)44(82)58(93-24)98-50-31(72)23-92-61(53(50)101-60-47(85)51(48(25(2)94-60)96-55-42(80)37(75)28(69)20-89-55)99-57-46(84)49(30(71)22-91-57)97-56-43(81)38(76)29(70)21-90-56)102-62(88)68-17-16-63(3,4)18-27(68)26-10-11-33-65(7)14-13-35(95-59-45(83)40(78)41(79)52(100-59)54(86)87)64(5,6)32(65)12-15-66(33,8)67(26,9)19-34(68)73/h10,24-25,27-53,55-61,69-85H,11-23H2,1-9H3,(H,86,87)/t24-,25-,27-,28-,29-,30+,31+,32+,33+,34-,35-,36+,37-,38-,39-,40-,41+,42-,43+,44-,45-,46-,47-,48-,49+,50+,51-,52-,53-,55+,56-,57-,58+,59-,60+,61+,65-,66+,67-,68+/m1/s1. The van der Waals surface area contributed by atoms with Crippen LogP contribution in [0, 0.1) is 50.2 Å². The second-order valence-electron chi connectivity index (χ2n) is 33.0. The van der Waals surface area contributed by atoms with Crippen molar-refractivity contribution in [3.63, 3.8) is 0 Å². The van der Waals surface area contributed by atoms with Crippen molar-refractivity contribution in [2.45, 2.75) is 323 Å². The molecule has 0 radical (unpaired) electrons. The second kappa shape index (κ2) is 29.4. The maximum atomic E-state index is 16.2. The van der Waals surface area contributed by atoms with Gasteiger partial charge in [0.15, 0.2) is 49.9 Å². The van der Waals surface area contributed by atoms with E-state index < -0.39 is 274 Å². The molecule has 0 aromatic carbocycles. The van der Waals surface area contributed by atoms with Gasteiger partial charge in [0.25, 0.3) is 0 Å². The number of esters is 1. The third kappa shape index (κ3) is 13.6. The smallest absolute Gasteiger partial charge is 0.335 e. The predicted molar refractivity (Wildman–Crippen MR) is 336 cm³/mol. The third-order valence-electron chi connectivity index (χ3n) is 26.1. The zero-order valence-corrected chi connectivity index (χ0v) is 58.6. The molecule has 18 N–H and O–H groups in total. The lowest BCUT2D eigenvalue weighted by molar-refractivity contribution is -0.399. The molecule has 11 fully saturated rings. The molecule has 34 heteroatoms. The zero-order valence-electron chi connectivity index (χ0n) is 58.6. The molecular weight excluding hydrogens is 1360 g/mol. The van der Waals surface area contributed by atoms with Gasteiger partial charge in [-0.25, -0.2) is 4.79 Å². The fourth-order valence-corrected chi connectivity index (χ4v) is 19.8. The van der Waals surface area contributed by atoms with Crippen LogP contribution < -0.4 is 0 Å². The molecule has 0 bridgehead atoms. The molecule has 7 saturated heterocycles. The van der Waals surface area contributed by atoms with Crippen LogP contribution in [-0.2, 0) is 75.9 Å². The van der Waals surface area contributed by atoms with E-state index in [1.165, 1.54) is 13.8 Å². The molecule has 34 nitrogen and oxygen atoms in total. The van der Waals surface area contributed by atoms with Crippen molar-refractivity contribution >= 4 is 11.9 Å². The van der Waals surface area contributed by atoms with Crippen LogP contribution in [0.5, 0.6) is 0 Å². The van der Waals surface area contributed by atoms with E-state index in [2.05, 4.69) is 54.5 Å². The van der Waals surface area contributed by atoms with Gasteiger partial charge < -0.3 is 158 Å². The Morgan fingerprint density at radius 3 is 1.55 bits per heavy atom. The van der Waals surface area contributed by atoms with E-state index in [4.69, 9.17) is 66.3 Å². The molecule has 12 aliphatic rings. The van der Waals surface area contributed by atoms with Crippen molar-refractivity contribution in [2.24, 2.45) is 50.2 Å². The van der Waals surface area contributed by atoms with Gasteiger partial charge >= 0.3 is 11.9 Å². The number of aliphatic carboxylic acids is 1. The van der Waals surface area contributed by atoms with Crippen LogP contribution in [0.25, 0.3) is 0 Å². The summed E-state index contributed by atoms with van der Waals surface area (Å²) in [6.45, 7) is 15.5. The Hall–Kier alpha value is -2.52. The number of carboxylic acid groups (broad SMARTS) is 1. The summed E-state index contributed by atoms with van der Waals surface area (Å²) in [7, 11) is 0. The van der Waals surface area contributed by atoms with E-state index in [0.717, 1.165) is 5.57 Å². The highest BCUT2D eigenvalue weighted by Crippen LogP contribution is 2.76. The number of carbonyl (C=O) groups excluding carboxylic acids is 1. The van der Waals surface area contributed by atoms with E-state index in [-0.39, 0.29) is 30.1 Å². The summed E-state index contributed by atoms with van der Waals surface area (Å²) < 4.78 is 85.1. The van der Waals surface area contributed by atoms with Gasteiger partial charge in [0, 0.05) is 0 Å². The second-order valence-corrected chi connectivity index (χ2v) is 33.0. The highest BCUT2D eigenvalue weighted by Gasteiger charge is 2.73. The molecule has 4 saturated carbocycles. The SMILES string of the molecule is C[C@H]1O[C@@H](O[C@@H]2[C@@H](O[C@@H]3O[C@H](C)[C@@H](O[C@@H]4OC[C@@H](O)[C@@H](O)[C@H]4O)[C@H](O[C@H]4OC[C@H](O)[C@H](O[C@H]5OC[C@@H](O)[C@@H](O)[C@@H]5O)[C@H]4O)[C@H]3O)[C@H](OC(=O)[C@@]34CCC(C)(C)C[C@@H]3C3=CC[C@H]5[C@]6(C)CC[C@@H](O[C@@H]7O[C@@H](C(=O)O)[C@@H](O)[C@@H](O)[C@H]7O)C(C)(C)[C@@H]6CC[C@]5(C)[C@]3(C)C[C@H]4O)OC[C@@H]2O)[C@H](O)[C@H](O)[C@H]1O. The lowest BCUT2D eigenvalue weighted by Crippen LogP contribution is -2.69. The van der Waals surface area contributed by atoms with Gasteiger partial charge in [0.05, 0.1) is 50.8 Å². The van der Waals surface area contributed by atoms with E-state index in [0.29, 0.717) is 44.9 Å². The van der Waals surface area contributed by atoms with Crippen molar-refractivity contribution in [1.29, 1.82) is 0 Å². The Bertz CT molecular complexity index is 2970. The Kier molecular flexibility index (Phi) is 22.8. The molecular formula is C68H108O34. The number of aliphatic hydroxyl groups is 17. The number of carbonyl (C=O) groups is 2. The first-order valence-electron chi connectivity index (χ1n) is 35.8. The first-order chi connectivity index (χ1) is 47.7. The quantitative estimate of drug-likeness (QED) is 0.0415. The number of hydrogen-bond acceptors (Lipinski definition) is 33. The van der Waals surface area contributed by atoms with Crippen LogP contribution in [0.4, 0.5) is 0 Å². The fourth-order valence-electron chi connectivity index (χ4n) is 19.8. The number of aliphatic hydroxyl groups excluding tert-OH is 17. The van der Waals surface area contributed by atoms with Crippen molar-refractivity contribution < 1.29 is 168 Å². The summed E-state index contributed by atoms with van der Waals surface area (Å²) in [4.78, 5) is 28.2. The Morgan fingerprint density at radius 1 is 0.441 bits per heavy atom. The summed E-state index contributed by atoms with van der Waals surface area (Å²) >= 11 is 0. The molecule has 584 valence electrons. The van der Waals surface area contributed by atoms with Crippen LogP contribution in [0.2, 0.25) is 0 Å². The first kappa shape index (κ1) is 79.0. The number of hydrogen-bond donors (Lipinski definition) is 18. The maximum Gasteiger partial charge on any atom is 0.335 e. The van der Waals surface area contributed by atoms with Gasteiger partial charge in [-0.2, -0.15) is 0 Å². The predicted octanol–water partition coefficient (Wildman–Crippen LogP) is -4.89. The molecule has 7 heterocycles. The first-order valence-corrected chi connectivity index (χ1v) is 35.8. The fraction of sp³-hybridized carbons (Fsp3) is 0.941. The van der Waals surface area contributed by atoms with Gasteiger partial charge in [0.1, 0.15) is 127 Å². The minimum Gasteiger partial charge on any atom is -0.479 e. The lowest BCUT2D eigenvalue weighted by Gasteiger charge is -2.71. The molecule has 40 atom stereocenters. The van der Waals surface area contributed by atoms with Crippen molar-refractivity contribution in [2.75, 3.05) is 26.4 Å². The molecule has 0 aromatic rings. The Labute approximate surface area is 589 Å². The van der Waals surface area contributed by atoms with Crippen molar-refractivity contribution in [3.8, 4) is 0 Å². The minimum absolute atomic E-state index is 0.00414. The summed E-state index contributed by atoms with van der Waals surface area (Å²) in [6, 6.07) is 0. The minimum atomic E-state index is -2.20. The number of fused-ring (bicyclic) bond motifs is 7. The van der Waals surface area contributed by atoms with Crippen molar-refractivity contribution in [1.82, 2.24) is 0 Å². The molecule has 5 aliphatic carbocycles. The molecule has 0 unspecified atom stereocenters. The van der Waals surface area contributed by atoms with Crippen LogP contribution in [0.1, 0.15) is 120 Å². The molecule has 0 spiro atoms. The average molecular weight is 1470 g/mol. The van der Waals surface area contributed by atoms with Gasteiger partial charge in [-0.3, -0.25) is 4.79 Å². The number of rotatable bonds is 15. The van der Waals surface area contributed by atoms with Gasteiger partial charge in [-0.05, 0) is 116 Å². The summed E-state index contributed by atoms with van der Waals surface area (Å²) in [5.41, 5.74) is -3.30. The van der Waals surface area contributed by atoms with Crippen LogP contribution in [0.3, 0.4) is 0 Å². The largest absolute Gasteiger partial charge is 0.479 e.